The van der Waals surface area contributed by atoms with Crippen LogP contribution < -0.4 is 0 Å². The van der Waals surface area contributed by atoms with E-state index in [9.17, 15) is 0 Å². The van der Waals surface area contributed by atoms with Crippen molar-refractivity contribution in [3.63, 3.8) is 0 Å². The van der Waals surface area contributed by atoms with Crippen molar-refractivity contribution >= 4 is 0 Å². The second-order valence-corrected chi connectivity index (χ2v) is 13.3. The molecule has 0 heteroatoms. The van der Waals surface area contributed by atoms with Crippen LogP contribution in [-0.4, -0.2) is 0 Å². The Hall–Kier alpha value is -2.86. The standard InChI is InChI=1S/C40H56/c1-31(19-13-21-33(3)25-27-37-35(5)23-15-29-39(37,7)8)17-11-12-18-32(2)20-14-22-34(4)26-28-38-36(6)24-16-30-40(38,9)10/h11-14,17-23,25-28,37H,15-16,24,29-30H2,1-10H3/b12-11+,19-13+,20-14+,27-25+,28-26-,31-17+,32-18+,33-21+,34-22+. The Balaban J connectivity index is 1.88. The number of hydrogen-bond donors (Lipinski definition) is 0. The van der Waals surface area contributed by atoms with Crippen molar-refractivity contribution < 1.29 is 0 Å². The minimum absolute atomic E-state index is 0.291. The van der Waals surface area contributed by atoms with E-state index in [0.29, 0.717) is 16.7 Å². The summed E-state index contributed by atoms with van der Waals surface area (Å²) in [5.74, 6) is 0.532. The number of allylic oxidation sites excluding steroid dienone is 22. The van der Waals surface area contributed by atoms with Crippen molar-refractivity contribution in [2.45, 2.75) is 101 Å². The van der Waals surface area contributed by atoms with E-state index in [1.807, 2.05) is 0 Å². The molecule has 1 atom stereocenters. The van der Waals surface area contributed by atoms with Crippen molar-refractivity contribution in [2.75, 3.05) is 0 Å². The molecule has 0 N–H and O–H groups in total. The van der Waals surface area contributed by atoms with Crippen LogP contribution in [-0.2, 0) is 0 Å². The molecule has 2 aliphatic carbocycles. The van der Waals surface area contributed by atoms with Crippen LogP contribution in [0, 0.1) is 16.7 Å². The van der Waals surface area contributed by atoms with Gasteiger partial charge in [-0.15, -0.1) is 0 Å². The summed E-state index contributed by atoms with van der Waals surface area (Å²) in [6.45, 7) is 22.7. The largest absolute Gasteiger partial charge is 0.0850 e. The zero-order valence-electron chi connectivity index (χ0n) is 27.3. The van der Waals surface area contributed by atoms with E-state index in [0.717, 1.165) is 0 Å². The van der Waals surface area contributed by atoms with Crippen molar-refractivity contribution in [3.8, 4) is 0 Å². The monoisotopic (exact) mass is 536 g/mol. The Morgan fingerprint density at radius 2 is 1.23 bits per heavy atom. The Bertz CT molecular complexity index is 1200. The molecule has 40 heavy (non-hydrogen) atoms. The first kappa shape index (κ1) is 33.3. The minimum Gasteiger partial charge on any atom is -0.0850 e. The molecular weight excluding hydrogens is 480 g/mol. The van der Waals surface area contributed by atoms with Crippen LogP contribution in [0.15, 0.2) is 130 Å². The van der Waals surface area contributed by atoms with Gasteiger partial charge < -0.3 is 0 Å². The second-order valence-electron chi connectivity index (χ2n) is 13.3. The quantitative estimate of drug-likeness (QED) is 0.192. The van der Waals surface area contributed by atoms with Gasteiger partial charge in [-0.25, -0.2) is 0 Å². The molecule has 2 aliphatic rings. The van der Waals surface area contributed by atoms with E-state index in [2.05, 4.69) is 160 Å². The van der Waals surface area contributed by atoms with Crippen LogP contribution in [0.4, 0.5) is 0 Å². The first-order valence-corrected chi connectivity index (χ1v) is 15.3. The van der Waals surface area contributed by atoms with Gasteiger partial charge in [0.05, 0.1) is 0 Å². The van der Waals surface area contributed by atoms with Crippen molar-refractivity contribution in [1.82, 2.24) is 0 Å². The molecule has 0 aliphatic heterocycles. The molecule has 0 aromatic heterocycles. The fourth-order valence-electron chi connectivity index (χ4n) is 5.80. The van der Waals surface area contributed by atoms with Gasteiger partial charge >= 0.3 is 0 Å². The zero-order valence-corrected chi connectivity index (χ0v) is 27.3. The fraction of sp³-hybridized carbons (Fsp3) is 0.450. The molecular formula is C40H56. The van der Waals surface area contributed by atoms with E-state index in [1.165, 1.54) is 65.5 Å². The molecule has 0 fully saturated rings. The average Bonchev–Trinajstić information content (AvgIpc) is 2.85. The molecule has 0 nitrogen and oxygen atoms in total. The van der Waals surface area contributed by atoms with Gasteiger partial charge in [0, 0.05) is 5.92 Å². The zero-order chi connectivity index (χ0) is 29.8. The Kier molecular flexibility index (Phi) is 13.2. The lowest BCUT2D eigenvalue weighted by Gasteiger charge is -2.36. The Labute approximate surface area is 247 Å². The highest BCUT2D eigenvalue weighted by Gasteiger charge is 2.30. The van der Waals surface area contributed by atoms with Crippen LogP contribution in [0.3, 0.4) is 0 Å². The fourth-order valence-corrected chi connectivity index (χ4v) is 5.80. The summed E-state index contributed by atoms with van der Waals surface area (Å²) in [5, 5.41) is 0. The number of hydrogen-bond acceptors (Lipinski definition) is 0. The van der Waals surface area contributed by atoms with Gasteiger partial charge in [-0.2, -0.15) is 0 Å². The summed E-state index contributed by atoms with van der Waals surface area (Å²) in [6.07, 6.45) is 39.5. The van der Waals surface area contributed by atoms with E-state index in [-0.39, 0.29) is 0 Å². The molecule has 1 unspecified atom stereocenters. The van der Waals surface area contributed by atoms with Gasteiger partial charge in [-0.05, 0) is 90.0 Å². The molecule has 0 aromatic carbocycles. The summed E-state index contributed by atoms with van der Waals surface area (Å²) in [6, 6.07) is 0. The van der Waals surface area contributed by atoms with Crippen molar-refractivity contribution in [2.24, 2.45) is 16.7 Å². The second kappa shape index (κ2) is 15.8. The molecule has 0 heterocycles. The van der Waals surface area contributed by atoms with E-state index >= 15 is 0 Å². The van der Waals surface area contributed by atoms with E-state index in [4.69, 9.17) is 0 Å². The Morgan fingerprint density at radius 1 is 0.700 bits per heavy atom. The predicted molar refractivity (Wildman–Crippen MR) is 181 cm³/mol. The van der Waals surface area contributed by atoms with Crippen LogP contribution >= 0.6 is 0 Å². The molecule has 0 amide bonds. The maximum atomic E-state index is 2.41. The summed E-state index contributed by atoms with van der Waals surface area (Å²) in [5.41, 5.74) is 10.2. The van der Waals surface area contributed by atoms with Crippen molar-refractivity contribution in [3.05, 3.63) is 130 Å². The molecule has 0 spiro atoms. The third kappa shape index (κ3) is 11.3. The first-order chi connectivity index (χ1) is 18.8. The van der Waals surface area contributed by atoms with Gasteiger partial charge in [-0.1, -0.05) is 152 Å². The highest BCUT2D eigenvalue weighted by Crippen LogP contribution is 2.42. The summed E-state index contributed by atoms with van der Waals surface area (Å²) in [4.78, 5) is 0. The molecule has 0 radical (unpaired) electrons. The first-order valence-electron chi connectivity index (χ1n) is 15.3. The average molecular weight is 537 g/mol. The van der Waals surface area contributed by atoms with Crippen molar-refractivity contribution in [1.29, 1.82) is 0 Å². The summed E-state index contributed by atoms with van der Waals surface area (Å²) >= 11 is 0. The molecule has 0 aromatic rings. The maximum absolute atomic E-state index is 2.41. The normalized spacial score (nSPS) is 23.6. The topological polar surface area (TPSA) is 0 Å². The Morgan fingerprint density at radius 3 is 1.77 bits per heavy atom. The van der Waals surface area contributed by atoms with Crippen LogP contribution in [0.25, 0.3) is 0 Å². The summed E-state index contributed by atoms with van der Waals surface area (Å²) < 4.78 is 0. The van der Waals surface area contributed by atoms with Gasteiger partial charge in [0.15, 0.2) is 0 Å². The lowest BCUT2D eigenvalue weighted by Crippen LogP contribution is -2.26. The van der Waals surface area contributed by atoms with Gasteiger partial charge in [0.2, 0.25) is 0 Å². The highest BCUT2D eigenvalue weighted by molar-refractivity contribution is 5.37. The SMILES string of the molecule is CC1=CCCC(C)(C)C1/C=C/C(C)=C/C=C/C(C)=C/C=C/C=C(C)/C=C/C=C(C)/C=C\C1=C(C)CCCC1(C)C. The lowest BCUT2D eigenvalue weighted by molar-refractivity contribution is 0.255. The van der Waals surface area contributed by atoms with Gasteiger partial charge in [-0.3, -0.25) is 0 Å². The number of rotatable bonds is 10. The maximum Gasteiger partial charge on any atom is 0.00285 e. The van der Waals surface area contributed by atoms with E-state index < -0.39 is 0 Å². The molecule has 0 bridgehead atoms. The van der Waals surface area contributed by atoms with Gasteiger partial charge in [0.1, 0.15) is 0 Å². The lowest BCUT2D eigenvalue weighted by atomic mass is 9.68. The smallest absolute Gasteiger partial charge is 0.00285 e. The predicted octanol–water partition coefficient (Wildman–Crippen LogP) is 12.5. The van der Waals surface area contributed by atoms with Crippen LogP contribution in [0.2, 0.25) is 0 Å². The molecule has 2 rings (SSSR count). The summed E-state index contributed by atoms with van der Waals surface area (Å²) in [7, 11) is 0. The molecule has 216 valence electrons. The third-order valence-electron chi connectivity index (χ3n) is 8.46. The van der Waals surface area contributed by atoms with Crippen LogP contribution in [0.5, 0.6) is 0 Å². The van der Waals surface area contributed by atoms with Crippen LogP contribution in [0.1, 0.15) is 101 Å². The highest BCUT2D eigenvalue weighted by atomic mass is 14.3. The minimum atomic E-state index is 0.291. The van der Waals surface area contributed by atoms with E-state index in [1.54, 1.807) is 5.57 Å². The molecule has 0 saturated heterocycles. The van der Waals surface area contributed by atoms with Gasteiger partial charge in [0.25, 0.3) is 0 Å². The third-order valence-corrected chi connectivity index (χ3v) is 8.46. The molecule has 0 saturated carbocycles.